The molecule has 0 atom stereocenters. The molecule has 2 N–H and O–H groups in total. The number of amides is 2. The molecule has 8 heteroatoms. The first-order chi connectivity index (χ1) is 13.5. The largest absolute Gasteiger partial charge is 0.437 e. The van der Waals surface area contributed by atoms with Gasteiger partial charge >= 0.3 is 0 Å². The number of thiophene rings is 1. The van der Waals surface area contributed by atoms with Gasteiger partial charge in [0.2, 0.25) is 11.5 Å². The van der Waals surface area contributed by atoms with Crippen LogP contribution >= 0.6 is 11.3 Å². The molecule has 1 aromatic carbocycles. The van der Waals surface area contributed by atoms with Gasteiger partial charge in [-0.15, -0.1) is 11.3 Å². The van der Waals surface area contributed by atoms with E-state index in [1.807, 2.05) is 18.2 Å². The molecule has 0 spiro atoms. The molecule has 0 radical (unpaired) electrons. The van der Waals surface area contributed by atoms with Crippen LogP contribution in [0.1, 0.15) is 33.3 Å². The van der Waals surface area contributed by atoms with E-state index in [4.69, 9.17) is 10.2 Å². The fraction of sp³-hybridized carbons (Fsp3) is 0.200. The van der Waals surface area contributed by atoms with Crippen LogP contribution in [0.15, 0.2) is 39.7 Å². The van der Waals surface area contributed by atoms with Gasteiger partial charge in [-0.1, -0.05) is 18.2 Å². The number of hydrogen-bond donors (Lipinski definition) is 1. The lowest BCUT2D eigenvalue weighted by atomic mass is 10.0. The molecule has 1 aliphatic rings. The minimum atomic E-state index is -0.577. The van der Waals surface area contributed by atoms with Crippen molar-refractivity contribution >= 4 is 39.1 Å². The lowest BCUT2D eigenvalue weighted by Gasteiger charge is -2.25. The van der Waals surface area contributed by atoms with Crippen molar-refractivity contribution in [2.45, 2.75) is 19.9 Å². The molecular weight excluding hydrogens is 376 g/mol. The Hall–Kier alpha value is -3.44. The van der Waals surface area contributed by atoms with E-state index in [9.17, 15) is 14.9 Å². The maximum atomic E-state index is 12.1. The molecule has 0 unspecified atom stereocenters. The first-order valence-corrected chi connectivity index (χ1v) is 9.47. The van der Waals surface area contributed by atoms with Gasteiger partial charge in [0, 0.05) is 23.7 Å². The van der Waals surface area contributed by atoms with Crippen molar-refractivity contribution in [3.05, 3.63) is 57.5 Å². The highest BCUT2D eigenvalue weighted by Gasteiger charge is 2.28. The van der Waals surface area contributed by atoms with E-state index in [-0.39, 0.29) is 17.0 Å². The number of carbonyl (C=O) groups excluding carboxylic acids is 2. The van der Waals surface area contributed by atoms with Crippen LogP contribution in [0.5, 0.6) is 0 Å². The van der Waals surface area contributed by atoms with Crippen molar-refractivity contribution in [2.75, 3.05) is 6.54 Å². The third kappa shape index (κ3) is 3.06. The Labute approximate surface area is 164 Å². The SMILES string of the molecule is CC(=O)N1CCc2c(sc(/N=c3\oc4ccccc4cc3C#N)c2C(N)=O)C1. The monoisotopic (exact) mass is 392 g/mol. The van der Waals surface area contributed by atoms with E-state index in [2.05, 4.69) is 11.1 Å². The van der Waals surface area contributed by atoms with E-state index < -0.39 is 5.91 Å². The molecule has 2 amide bonds. The zero-order valence-corrected chi connectivity index (χ0v) is 15.9. The van der Waals surface area contributed by atoms with Gasteiger partial charge in [0.15, 0.2) is 0 Å². The second kappa shape index (κ2) is 6.94. The molecule has 0 saturated heterocycles. The molecule has 0 bridgehead atoms. The number of fused-ring (bicyclic) bond motifs is 2. The highest BCUT2D eigenvalue weighted by atomic mass is 32.1. The summed E-state index contributed by atoms with van der Waals surface area (Å²) in [7, 11) is 0. The van der Waals surface area contributed by atoms with Crippen LogP contribution in [0.4, 0.5) is 5.00 Å². The average molecular weight is 392 g/mol. The first-order valence-electron chi connectivity index (χ1n) is 8.65. The second-order valence-electron chi connectivity index (χ2n) is 6.47. The highest BCUT2D eigenvalue weighted by Crippen LogP contribution is 2.38. The van der Waals surface area contributed by atoms with Gasteiger partial charge in [0.1, 0.15) is 22.2 Å². The van der Waals surface area contributed by atoms with Crippen molar-refractivity contribution in [2.24, 2.45) is 10.7 Å². The van der Waals surface area contributed by atoms with Crippen molar-refractivity contribution in [3.63, 3.8) is 0 Å². The maximum Gasteiger partial charge on any atom is 0.252 e. The van der Waals surface area contributed by atoms with Gasteiger partial charge in [-0.05, 0) is 24.1 Å². The Morgan fingerprint density at radius 2 is 2.14 bits per heavy atom. The number of nitrogens with zero attached hydrogens (tertiary/aromatic N) is 3. The fourth-order valence-electron chi connectivity index (χ4n) is 3.32. The normalized spacial score (nSPS) is 14.0. The Kier molecular flexibility index (Phi) is 4.45. The van der Waals surface area contributed by atoms with E-state index in [1.165, 1.54) is 18.3 Å². The van der Waals surface area contributed by atoms with Gasteiger partial charge in [0.05, 0.1) is 12.1 Å². The number of carbonyl (C=O) groups is 2. The summed E-state index contributed by atoms with van der Waals surface area (Å²) in [6.07, 6.45) is 0.541. The molecule has 1 aliphatic heterocycles. The van der Waals surface area contributed by atoms with Crippen LogP contribution in [0.25, 0.3) is 11.0 Å². The van der Waals surface area contributed by atoms with Crippen LogP contribution in [0.2, 0.25) is 0 Å². The number of para-hydroxylation sites is 1. The average Bonchev–Trinajstić information content (AvgIpc) is 3.04. The molecule has 28 heavy (non-hydrogen) atoms. The molecule has 0 aliphatic carbocycles. The van der Waals surface area contributed by atoms with Gasteiger partial charge in [-0.3, -0.25) is 9.59 Å². The van der Waals surface area contributed by atoms with E-state index >= 15 is 0 Å². The second-order valence-corrected chi connectivity index (χ2v) is 7.55. The van der Waals surface area contributed by atoms with Crippen molar-refractivity contribution in [1.29, 1.82) is 5.26 Å². The summed E-state index contributed by atoms with van der Waals surface area (Å²) in [6.45, 7) is 2.47. The summed E-state index contributed by atoms with van der Waals surface area (Å²) in [5, 5.41) is 10.7. The molecular formula is C20H16N4O3S. The number of rotatable bonds is 2. The van der Waals surface area contributed by atoms with E-state index in [0.717, 1.165) is 15.8 Å². The Balaban J connectivity index is 1.91. The fourth-order valence-corrected chi connectivity index (χ4v) is 4.55. The molecule has 140 valence electrons. The summed E-state index contributed by atoms with van der Waals surface area (Å²) in [5.74, 6) is -0.596. The van der Waals surface area contributed by atoms with E-state index in [0.29, 0.717) is 35.7 Å². The minimum absolute atomic E-state index is 0.0190. The lowest BCUT2D eigenvalue weighted by molar-refractivity contribution is -0.129. The molecule has 7 nitrogen and oxygen atoms in total. The lowest BCUT2D eigenvalue weighted by Crippen LogP contribution is -2.34. The van der Waals surface area contributed by atoms with Crippen LogP contribution < -0.4 is 11.3 Å². The Morgan fingerprint density at radius 3 is 2.86 bits per heavy atom. The number of nitriles is 1. The van der Waals surface area contributed by atoms with Crippen molar-refractivity contribution < 1.29 is 14.0 Å². The number of primary amides is 1. The van der Waals surface area contributed by atoms with Crippen LogP contribution in [0.3, 0.4) is 0 Å². The van der Waals surface area contributed by atoms with Crippen LogP contribution in [-0.4, -0.2) is 23.3 Å². The first kappa shape index (κ1) is 17.9. The summed E-state index contributed by atoms with van der Waals surface area (Å²) in [6, 6.07) is 11.1. The van der Waals surface area contributed by atoms with Gasteiger partial charge < -0.3 is 15.1 Å². The smallest absolute Gasteiger partial charge is 0.252 e. The summed E-state index contributed by atoms with van der Waals surface area (Å²) < 4.78 is 5.81. The predicted molar refractivity (Wildman–Crippen MR) is 104 cm³/mol. The molecule has 4 rings (SSSR count). The third-order valence-corrected chi connectivity index (χ3v) is 5.82. The summed E-state index contributed by atoms with van der Waals surface area (Å²) in [5.41, 5.74) is 7.78. The van der Waals surface area contributed by atoms with Crippen LogP contribution in [-0.2, 0) is 17.8 Å². The summed E-state index contributed by atoms with van der Waals surface area (Å²) >= 11 is 1.30. The summed E-state index contributed by atoms with van der Waals surface area (Å²) in [4.78, 5) is 30.9. The zero-order valence-electron chi connectivity index (χ0n) is 15.1. The Morgan fingerprint density at radius 1 is 1.36 bits per heavy atom. The van der Waals surface area contributed by atoms with Crippen LogP contribution in [0, 0.1) is 11.3 Å². The third-order valence-electron chi connectivity index (χ3n) is 4.71. The minimum Gasteiger partial charge on any atom is -0.437 e. The Bertz CT molecular complexity index is 1230. The van der Waals surface area contributed by atoms with Gasteiger partial charge in [0.25, 0.3) is 5.91 Å². The van der Waals surface area contributed by atoms with Gasteiger partial charge in [-0.2, -0.15) is 5.26 Å². The number of hydrogen-bond acceptors (Lipinski definition) is 6. The van der Waals surface area contributed by atoms with Crippen molar-refractivity contribution in [1.82, 2.24) is 4.90 Å². The highest BCUT2D eigenvalue weighted by molar-refractivity contribution is 7.16. The van der Waals surface area contributed by atoms with E-state index in [1.54, 1.807) is 17.0 Å². The molecule has 3 heterocycles. The van der Waals surface area contributed by atoms with Gasteiger partial charge in [-0.25, -0.2) is 4.99 Å². The quantitative estimate of drug-likeness (QED) is 0.722. The standard InChI is InChI=1S/C20H16N4O3S/c1-11(25)24-7-6-14-16(10-24)28-20(17(14)18(22)26)23-19-13(9-21)8-12-4-2-3-5-15(12)27-19/h2-5,8H,6-7,10H2,1H3,(H2,22,26)/b23-19-. The van der Waals surface area contributed by atoms with Crippen molar-refractivity contribution in [3.8, 4) is 6.07 Å². The number of benzene rings is 1. The molecule has 0 saturated carbocycles. The number of nitrogens with two attached hydrogens (primary N) is 1. The zero-order chi connectivity index (χ0) is 19.8. The maximum absolute atomic E-state index is 12.1. The molecule has 3 aromatic rings. The molecule has 2 aromatic heterocycles. The molecule has 0 fully saturated rings. The predicted octanol–water partition coefficient (Wildman–Crippen LogP) is 2.60. The topological polar surface area (TPSA) is 113 Å².